The number of nitrogens with zero attached hydrogens (tertiary/aromatic N) is 2. The summed E-state index contributed by atoms with van der Waals surface area (Å²) in [5, 5.41) is 3.08. The molecule has 0 spiro atoms. The third-order valence-corrected chi connectivity index (χ3v) is 6.49. The number of carbonyl (C=O) groups is 1. The SMILES string of the molecule is COC(=O)[C@@]12Cn3c(c(C)c4ccccc43)[C@@H]1N(C)O[C@@H]2c1ccc(C)cc1. The van der Waals surface area contributed by atoms with E-state index in [1.807, 2.05) is 18.2 Å². The first kappa shape index (κ1) is 17.5. The number of aromatic nitrogens is 1. The minimum atomic E-state index is -0.817. The highest BCUT2D eigenvalue weighted by Crippen LogP contribution is 2.61. The second-order valence-electron chi connectivity index (χ2n) is 7.99. The molecule has 0 saturated carbocycles. The van der Waals surface area contributed by atoms with Crippen LogP contribution < -0.4 is 0 Å². The van der Waals surface area contributed by atoms with Gasteiger partial charge in [-0.25, -0.2) is 0 Å². The lowest BCUT2D eigenvalue weighted by Gasteiger charge is -2.30. The van der Waals surface area contributed by atoms with Gasteiger partial charge in [0.2, 0.25) is 0 Å². The molecule has 2 aliphatic heterocycles. The van der Waals surface area contributed by atoms with Crippen LogP contribution in [0.1, 0.15) is 34.5 Å². The van der Waals surface area contributed by atoms with Crippen molar-refractivity contribution in [2.75, 3.05) is 14.2 Å². The molecule has 28 heavy (non-hydrogen) atoms. The molecule has 3 heterocycles. The van der Waals surface area contributed by atoms with E-state index in [1.165, 1.54) is 23.6 Å². The van der Waals surface area contributed by atoms with Gasteiger partial charge in [0.05, 0.1) is 13.2 Å². The van der Waals surface area contributed by atoms with Crippen LogP contribution in [0.25, 0.3) is 10.9 Å². The lowest BCUT2D eigenvalue weighted by molar-refractivity contribution is -0.163. The Labute approximate surface area is 164 Å². The first-order valence-electron chi connectivity index (χ1n) is 9.61. The van der Waals surface area contributed by atoms with Crippen molar-refractivity contribution in [3.8, 4) is 0 Å². The maximum atomic E-state index is 13.3. The summed E-state index contributed by atoms with van der Waals surface area (Å²) in [5.74, 6) is -0.223. The van der Waals surface area contributed by atoms with Crippen LogP contribution in [0.2, 0.25) is 0 Å². The Morgan fingerprint density at radius 3 is 2.57 bits per heavy atom. The summed E-state index contributed by atoms with van der Waals surface area (Å²) in [7, 11) is 3.39. The second kappa shape index (κ2) is 5.93. The van der Waals surface area contributed by atoms with E-state index in [4.69, 9.17) is 9.57 Å². The molecule has 2 aromatic carbocycles. The average Bonchev–Trinajstić information content (AvgIpc) is 3.30. The van der Waals surface area contributed by atoms with Crippen LogP contribution in [0.4, 0.5) is 0 Å². The van der Waals surface area contributed by atoms with Gasteiger partial charge in [-0.05, 0) is 31.0 Å². The van der Waals surface area contributed by atoms with Gasteiger partial charge < -0.3 is 9.30 Å². The summed E-state index contributed by atoms with van der Waals surface area (Å²) in [6.07, 6.45) is -0.395. The van der Waals surface area contributed by atoms with Gasteiger partial charge in [0.25, 0.3) is 0 Å². The first-order chi connectivity index (χ1) is 13.5. The fourth-order valence-electron chi connectivity index (χ4n) is 5.23. The number of hydrogen-bond acceptors (Lipinski definition) is 4. The molecule has 5 nitrogen and oxygen atoms in total. The Morgan fingerprint density at radius 2 is 1.86 bits per heavy atom. The Morgan fingerprint density at radius 1 is 1.14 bits per heavy atom. The normalized spacial score (nSPS) is 26.4. The molecule has 1 aromatic heterocycles. The van der Waals surface area contributed by atoms with E-state index in [2.05, 4.69) is 60.9 Å². The molecular weight excluding hydrogens is 352 g/mol. The van der Waals surface area contributed by atoms with Crippen LogP contribution in [-0.2, 0) is 20.9 Å². The second-order valence-corrected chi connectivity index (χ2v) is 7.99. The Bertz CT molecular complexity index is 1090. The monoisotopic (exact) mass is 376 g/mol. The Balaban J connectivity index is 1.74. The van der Waals surface area contributed by atoms with Crippen LogP contribution in [0.3, 0.4) is 0 Å². The van der Waals surface area contributed by atoms with Crippen molar-refractivity contribution < 1.29 is 14.4 Å². The first-order valence-corrected chi connectivity index (χ1v) is 9.61. The van der Waals surface area contributed by atoms with Gasteiger partial charge >= 0.3 is 5.97 Å². The molecule has 5 rings (SSSR count). The zero-order valence-corrected chi connectivity index (χ0v) is 16.6. The van der Waals surface area contributed by atoms with E-state index in [1.54, 1.807) is 0 Å². The van der Waals surface area contributed by atoms with Crippen molar-refractivity contribution >= 4 is 16.9 Å². The highest BCUT2D eigenvalue weighted by molar-refractivity contribution is 5.88. The minimum absolute atomic E-state index is 0.196. The molecule has 0 bridgehead atoms. The Kier molecular flexibility index (Phi) is 3.70. The number of methoxy groups -OCH3 is 1. The van der Waals surface area contributed by atoms with Crippen molar-refractivity contribution in [2.45, 2.75) is 32.5 Å². The van der Waals surface area contributed by atoms with Crippen molar-refractivity contribution in [2.24, 2.45) is 5.41 Å². The smallest absolute Gasteiger partial charge is 0.318 e. The molecule has 0 radical (unpaired) electrons. The highest BCUT2D eigenvalue weighted by Gasteiger charge is 2.66. The third kappa shape index (κ3) is 2.06. The van der Waals surface area contributed by atoms with Gasteiger partial charge in [0.15, 0.2) is 0 Å². The number of esters is 1. The van der Waals surface area contributed by atoms with Crippen LogP contribution in [0, 0.1) is 19.3 Å². The van der Waals surface area contributed by atoms with Crippen LogP contribution in [0.15, 0.2) is 48.5 Å². The fraction of sp³-hybridized carbons (Fsp3) is 0.348. The van der Waals surface area contributed by atoms with Crippen molar-refractivity contribution in [3.05, 3.63) is 70.9 Å². The van der Waals surface area contributed by atoms with Crippen molar-refractivity contribution in [1.82, 2.24) is 9.63 Å². The number of rotatable bonds is 2. The average molecular weight is 376 g/mol. The molecule has 5 heteroatoms. The molecule has 0 N–H and O–H groups in total. The molecule has 0 unspecified atom stereocenters. The molecule has 2 aliphatic rings. The lowest BCUT2D eigenvalue weighted by Crippen LogP contribution is -2.40. The molecule has 1 fully saturated rings. The molecule has 1 saturated heterocycles. The summed E-state index contributed by atoms with van der Waals surface area (Å²) in [6, 6.07) is 16.4. The van der Waals surface area contributed by atoms with E-state index in [9.17, 15) is 4.79 Å². The summed E-state index contributed by atoms with van der Waals surface area (Å²) >= 11 is 0. The lowest BCUT2D eigenvalue weighted by atomic mass is 9.74. The molecule has 3 aromatic rings. The van der Waals surface area contributed by atoms with Gasteiger partial charge in [-0.15, -0.1) is 0 Å². The standard InChI is InChI=1S/C23H24N2O3/c1-14-9-11-16(12-10-14)21-23(22(26)27-4)13-25-18-8-6-5-7-17(18)15(2)19(25)20(23)24(3)28-21/h5-12,20-21H,13H2,1-4H3/t20-,21+,23-/m0/s1. The minimum Gasteiger partial charge on any atom is -0.468 e. The quantitative estimate of drug-likeness (QED) is 0.632. The van der Waals surface area contributed by atoms with E-state index >= 15 is 0 Å². The zero-order chi connectivity index (χ0) is 19.6. The van der Waals surface area contributed by atoms with Gasteiger partial charge in [-0.1, -0.05) is 48.0 Å². The van der Waals surface area contributed by atoms with Gasteiger partial charge in [0, 0.05) is 30.2 Å². The summed E-state index contributed by atoms with van der Waals surface area (Å²) in [4.78, 5) is 19.6. The van der Waals surface area contributed by atoms with Gasteiger partial charge in [0.1, 0.15) is 11.5 Å². The van der Waals surface area contributed by atoms with E-state index in [-0.39, 0.29) is 12.0 Å². The fourth-order valence-corrected chi connectivity index (χ4v) is 5.23. The number of hydrogen-bond donors (Lipinski definition) is 0. The van der Waals surface area contributed by atoms with E-state index in [0.29, 0.717) is 6.54 Å². The molecule has 3 atom stereocenters. The molecule has 144 valence electrons. The third-order valence-electron chi connectivity index (χ3n) is 6.49. The summed E-state index contributed by atoms with van der Waals surface area (Å²) < 4.78 is 7.64. The maximum Gasteiger partial charge on any atom is 0.318 e. The highest BCUT2D eigenvalue weighted by atomic mass is 16.7. The van der Waals surface area contributed by atoms with Crippen LogP contribution >= 0.6 is 0 Å². The predicted molar refractivity (Wildman–Crippen MR) is 107 cm³/mol. The van der Waals surface area contributed by atoms with Gasteiger partial charge in [-0.2, -0.15) is 5.06 Å². The molecule has 0 amide bonds. The van der Waals surface area contributed by atoms with Gasteiger partial charge in [-0.3, -0.25) is 9.63 Å². The van der Waals surface area contributed by atoms with E-state index in [0.717, 1.165) is 16.8 Å². The largest absolute Gasteiger partial charge is 0.468 e. The number of benzene rings is 2. The molecule has 0 aliphatic carbocycles. The predicted octanol–water partition coefficient (Wildman–Crippen LogP) is 4.09. The number of ether oxygens (including phenoxy) is 1. The maximum absolute atomic E-state index is 13.3. The number of para-hydroxylation sites is 1. The van der Waals surface area contributed by atoms with Crippen molar-refractivity contribution in [1.29, 1.82) is 0 Å². The number of fused-ring (bicyclic) bond motifs is 5. The van der Waals surface area contributed by atoms with E-state index < -0.39 is 11.5 Å². The number of carbonyl (C=O) groups excluding carboxylic acids is 1. The zero-order valence-electron chi connectivity index (χ0n) is 16.6. The number of aryl methyl sites for hydroxylation is 2. The van der Waals surface area contributed by atoms with Crippen LogP contribution in [-0.4, -0.2) is 29.8 Å². The molecular formula is C23H24N2O3. The topological polar surface area (TPSA) is 43.7 Å². The number of hydroxylamine groups is 2. The van der Waals surface area contributed by atoms with Crippen LogP contribution in [0.5, 0.6) is 0 Å². The van der Waals surface area contributed by atoms with Crippen molar-refractivity contribution in [3.63, 3.8) is 0 Å². The summed E-state index contributed by atoms with van der Waals surface area (Å²) in [6.45, 7) is 4.73. The Hall–Kier alpha value is -2.63. The summed E-state index contributed by atoms with van der Waals surface area (Å²) in [5.41, 5.74) is 4.86.